The molecule has 3 rings (SSSR count). The van der Waals surface area contributed by atoms with Gasteiger partial charge in [-0.15, -0.1) is 0 Å². The van der Waals surface area contributed by atoms with Crippen molar-refractivity contribution < 1.29 is 0 Å². The molecule has 2 heteroatoms. The van der Waals surface area contributed by atoms with Crippen molar-refractivity contribution in [1.29, 1.82) is 0 Å². The molecule has 1 fully saturated rings. The minimum Gasteiger partial charge on any atom is -0.329 e. The maximum Gasteiger partial charge on any atom is 0.0335 e. The summed E-state index contributed by atoms with van der Waals surface area (Å²) in [6.45, 7) is 5.36. The Balaban J connectivity index is 1.78. The van der Waals surface area contributed by atoms with Gasteiger partial charge in [0.25, 0.3) is 0 Å². The van der Waals surface area contributed by atoms with E-state index in [-0.39, 0.29) is 5.54 Å². The monoisotopic (exact) mass is 286 g/mol. The van der Waals surface area contributed by atoms with Crippen molar-refractivity contribution in [2.75, 3.05) is 13.1 Å². The lowest BCUT2D eigenvalue weighted by molar-refractivity contribution is 0.0903. The van der Waals surface area contributed by atoms with Gasteiger partial charge in [0.1, 0.15) is 0 Å². The van der Waals surface area contributed by atoms with Crippen molar-refractivity contribution in [2.24, 2.45) is 5.73 Å². The van der Waals surface area contributed by atoms with E-state index in [1.54, 1.807) is 11.1 Å². The van der Waals surface area contributed by atoms with Crippen LogP contribution in [-0.2, 0) is 19.4 Å². The Labute approximate surface area is 129 Å². The number of aryl methyl sites for hydroxylation is 2. The molecule has 1 aromatic rings. The largest absolute Gasteiger partial charge is 0.329 e. The summed E-state index contributed by atoms with van der Waals surface area (Å²) in [4.78, 5) is 2.69. The van der Waals surface area contributed by atoms with E-state index in [1.807, 2.05) is 0 Å². The molecule has 0 bridgehead atoms. The lowest BCUT2D eigenvalue weighted by Gasteiger charge is -2.41. The van der Waals surface area contributed by atoms with E-state index in [2.05, 4.69) is 30.0 Å². The topological polar surface area (TPSA) is 29.3 Å². The maximum atomic E-state index is 6.20. The molecular formula is C19H30N2. The van der Waals surface area contributed by atoms with E-state index in [4.69, 9.17) is 5.73 Å². The molecule has 2 nitrogen and oxygen atoms in total. The molecule has 0 unspecified atom stereocenters. The first kappa shape index (κ1) is 15.1. The van der Waals surface area contributed by atoms with Crippen molar-refractivity contribution in [3.63, 3.8) is 0 Å². The molecule has 1 aromatic carbocycles. The number of benzene rings is 1. The zero-order chi connectivity index (χ0) is 14.7. The smallest absolute Gasteiger partial charge is 0.0335 e. The molecular weight excluding hydrogens is 256 g/mol. The average molecular weight is 286 g/mol. The van der Waals surface area contributed by atoms with Crippen molar-refractivity contribution in [3.05, 3.63) is 34.9 Å². The first-order chi connectivity index (χ1) is 10.3. The molecule has 0 aliphatic heterocycles. The van der Waals surface area contributed by atoms with E-state index in [0.29, 0.717) is 0 Å². The first-order valence-electron chi connectivity index (χ1n) is 8.83. The first-order valence-corrected chi connectivity index (χ1v) is 8.83. The van der Waals surface area contributed by atoms with Gasteiger partial charge >= 0.3 is 0 Å². The summed E-state index contributed by atoms with van der Waals surface area (Å²) < 4.78 is 0. The van der Waals surface area contributed by atoms with Crippen LogP contribution < -0.4 is 5.73 Å². The summed E-state index contributed by atoms with van der Waals surface area (Å²) in [6.07, 6.45) is 10.4. The highest BCUT2D eigenvalue weighted by atomic mass is 15.2. The molecule has 2 aliphatic carbocycles. The van der Waals surface area contributed by atoms with Crippen LogP contribution in [0.4, 0.5) is 0 Å². The number of hydrogen-bond donors (Lipinski definition) is 1. The molecule has 0 heterocycles. The lowest BCUT2D eigenvalue weighted by atomic mass is 9.93. The van der Waals surface area contributed by atoms with Crippen LogP contribution >= 0.6 is 0 Å². The summed E-state index contributed by atoms with van der Waals surface area (Å²) >= 11 is 0. The molecule has 21 heavy (non-hydrogen) atoms. The van der Waals surface area contributed by atoms with Gasteiger partial charge in [0.15, 0.2) is 0 Å². The summed E-state index contributed by atoms with van der Waals surface area (Å²) in [5, 5.41) is 0. The zero-order valence-corrected chi connectivity index (χ0v) is 13.5. The van der Waals surface area contributed by atoms with Crippen LogP contribution in [0.3, 0.4) is 0 Å². The van der Waals surface area contributed by atoms with E-state index in [0.717, 1.165) is 13.1 Å². The number of hydrogen-bond acceptors (Lipinski definition) is 2. The quantitative estimate of drug-likeness (QED) is 0.864. The second-order valence-electron chi connectivity index (χ2n) is 7.01. The van der Waals surface area contributed by atoms with E-state index < -0.39 is 0 Å². The third kappa shape index (κ3) is 3.02. The van der Waals surface area contributed by atoms with Gasteiger partial charge in [0.2, 0.25) is 0 Å². The van der Waals surface area contributed by atoms with Gasteiger partial charge in [-0.1, -0.05) is 38.0 Å². The van der Waals surface area contributed by atoms with Crippen molar-refractivity contribution in [1.82, 2.24) is 4.90 Å². The molecule has 0 spiro atoms. The van der Waals surface area contributed by atoms with E-state index in [1.165, 1.54) is 63.5 Å². The lowest BCUT2D eigenvalue weighted by Crippen LogP contribution is -2.51. The van der Waals surface area contributed by atoms with Crippen molar-refractivity contribution in [3.8, 4) is 0 Å². The highest BCUT2D eigenvalue weighted by Gasteiger charge is 2.37. The summed E-state index contributed by atoms with van der Waals surface area (Å²) in [5.41, 5.74) is 11.1. The van der Waals surface area contributed by atoms with Crippen LogP contribution in [0, 0.1) is 0 Å². The standard InChI is InChI=1S/C19H30N2/c1-2-12-21(19(15-20)10-3-4-11-19)14-16-8-9-17-6-5-7-18(17)13-16/h8-9,13H,2-7,10-12,14-15,20H2,1H3. The molecule has 116 valence electrons. The second kappa shape index (κ2) is 6.50. The van der Waals surface area contributed by atoms with Crippen LogP contribution in [0.5, 0.6) is 0 Å². The van der Waals surface area contributed by atoms with Crippen LogP contribution in [0.15, 0.2) is 18.2 Å². The van der Waals surface area contributed by atoms with Crippen LogP contribution in [0.25, 0.3) is 0 Å². The predicted molar refractivity (Wildman–Crippen MR) is 89.4 cm³/mol. The molecule has 1 saturated carbocycles. The molecule has 2 aliphatic rings. The Morgan fingerprint density at radius 2 is 1.86 bits per heavy atom. The van der Waals surface area contributed by atoms with Gasteiger partial charge in [-0.2, -0.15) is 0 Å². The maximum absolute atomic E-state index is 6.20. The zero-order valence-electron chi connectivity index (χ0n) is 13.5. The molecule has 0 amide bonds. The SMILES string of the molecule is CCCN(Cc1ccc2c(c1)CCC2)C1(CN)CCCC1. The highest BCUT2D eigenvalue weighted by molar-refractivity contribution is 5.35. The Bertz CT molecular complexity index is 474. The number of nitrogens with zero attached hydrogens (tertiary/aromatic N) is 1. The molecule has 0 saturated heterocycles. The van der Waals surface area contributed by atoms with Crippen LogP contribution in [0.2, 0.25) is 0 Å². The van der Waals surface area contributed by atoms with Gasteiger partial charge in [0, 0.05) is 18.6 Å². The molecule has 0 atom stereocenters. The van der Waals surface area contributed by atoms with Crippen LogP contribution in [-0.4, -0.2) is 23.5 Å². The molecule has 0 aromatic heterocycles. The van der Waals surface area contributed by atoms with Gasteiger partial charge in [0.05, 0.1) is 0 Å². The fourth-order valence-electron chi connectivity index (χ4n) is 4.38. The minimum absolute atomic E-state index is 0.273. The predicted octanol–water partition coefficient (Wildman–Crippen LogP) is 3.66. The highest BCUT2D eigenvalue weighted by Crippen LogP contribution is 2.36. The van der Waals surface area contributed by atoms with Crippen molar-refractivity contribution in [2.45, 2.75) is 70.4 Å². The average Bonchev–Trinajstić information content (AvgIpc) is 3.16. The number of rotatable bonds is 6. The molecule has 2 N–H and O–H groups in total. The Hall–Kier alpha value is -0.860. The summed E-state index contributed by atoms with van der Waals surface area (Å²) in [6, 6.07) is 7.18. The van der Waals surface area contributed by atoms with E-state index in [9.17, 15) is 0 Å². The van der Waals surface area contributed by atoms with Gasteiger partial charge < -0.3 is 5.73 Å². The van der Waals surface area contributed by atoms with E-state index >= 15 is 0 Å². The fourth-order valence-corrected chi connectivity index (χ4v) is 4.38. The Kier molecular flexibility index (Phi) is 4.66. The third-order valence-corrected chi connectivity index (χ3v) is 5.61. The molecule has 0 radical (unpaired) electrons. The number of fused-ring (bicyclic) bond motifs is 1. The number of nitrogens with two attached hydrogens (primary N) is 1. The summed E-state index contributed by atoms with van der Waals surface area (Å²) in [5.74, 6) is 0. The van der Waals surface area contributed by atoms with Gasteiger partial charge in [-0.3, -0.25) is 4.90 Å². The van der Waals surface area contributed by atoms with Crippen molar-refractivity contribution >= 4 is 0 Å². The van der Waals surface area contributed by atoms with Gasteiger partial charge in [-0.05, 0) is 61.8 Å². The second-order valence-corrected chi connectivity index (χ2v) is 7.01. The third-order valence-electron chi connectivity index (χ3n) is 5.61. The Morgan fingerprint density at radius 3 is 2.57 bits per heavy atom. The minimum atomic E-state index is 0.273. The normalized spacial score (nSPS) is 20.1. The summed E-state index contributed by atoms with van der Waals surface area (Å²) in [7, 11) is 0. The van der Waals surface area contributed by atoms with Crippen LogP contribution in [0.1, 0.15) is 62.1 Å². The van der Waals surface area contributed by atoms with Gasteiger partial charge in [-0.25, -0.2) is 0 Å². The Morgan fingerprint density at radius 1 is 1.10 bits per heavy atom. The fraction of sp³-hybridized carbons (Fsp3) is 0.684.